The monoisotopic (exact) mass is 338 g/mol. The SMILES string of the molecule is COc1ncc(NC(=O)c2cccc(-n3cccn3)c2)c(N(C)C)n1. The summed E-state index contributed by atoms with van der Waals surface area (Å²) in [6, 6.07) is 9.26. The minimum Gasteiger partial charge on any atom is -0.467 e. The highest BCUT2D eigenvalue weighted by Gasteiger charge is 2.14. The molecule has 0 bridgehead atoms. The highest BCUT2D eigenvalue weighted by molar-refractivity contribution is 6.05. The van der Waals surface area contributed by atoms with Crippen molar-refractivity contribution < 1.29 is 9.53 Å². The summed E-state index contributed by atoms with van der Waals surface area (Å²) in [5.74, 6) is 0.300. The smallest absolute Gasteiger partial charge is 0.318 e. The number of amides is 1. The van der Waals surface area contributed by atoms with Crippen LogP contribution in [0.3, 0.4) is 0 Å². The molecule has 25 heavy (non-hydrogen) atoms. The number of rotatable bonds is 5. The van der Waals surface area contributed by atoms with Gasteiger partial charge >= 0.3 is 6.01 Å². The van der Waals surface area contributed by atoms with Gasteiger partial charge < -0.3 is 15.0 Å². The summed E-state index contributed by atoms with van der Waals surface area (Å²) in [5.41, 5.74) is 1.81. The zero-order valence-corrected chi connectivity index (χ0v) is 14.2. The molecule has 2 heterocycles. The van der Waals surface area contributed by atoms with Crippen molar-refractivity contribution in [1.29, 1.82) is 0 Å². The van der Waals surface area contributed by atoms with Crippen LogP contribution >= 0.6 is 0 Å². The number of hydrogen-bond donors (Lipinski definition) is 1. The van der Waals surface area contributed by atoms with E-state index in [-0.39, 0.29) is 11.9 Å². The van der Waals surface area contributed by atoms with Gasteiger partial charge in [-0.2, -0.15) is 10.1 Å². The summed E-state index contributed by atoms with van der Waals surface area (Å²) < 4.78 is 6.73. The maximum atomic E-state index is 12.6. The molecule has 0 aliphatic rings. The molecule has 0 aliphatic carbocycles. The Bertz CT molecular complexity index is 877. The molecule has 1 aromatic carbocycles. The number of nitrogens with one attached hydrogen (secondary N) is 1. The van der Waals surface area contributed by atoms with Crippen LogP contribution in [0.5, 0.6) is 6.01 Å². The van der Waals surface area contributed by atoms with Crippen molar-refractivity contribution in [3.8, 4) is 11.7 Å². The topological polar surface area (TPSA) is 85.2 Å². The number of ether oxygens (including phenoxy) is 1. The zero-order chi connectivity index (χ0) is 17.8. The Labute approximate surface area is 145 Å². The van der Waals surface area contributed by atoms with Crippen molar-refractivity contribution in [2.45, 2.75) is 0 Å². The van der Waals surface area contributed by atoms with Gasteiger partial charge in [-0.3, -0.25) is 4.79 Å². The van der Waals surface area contributed by atoms with Crippen LogP contribution in [0.15, 0.2) is 48.9 Å². The van der Waals surface area contributed by atoms with Crippen LogP contribution in [0.25, 0.3) is 5.69 Å². The molecule has 128 valence electrons. The molecule has 3 aromatic rings. The fourth-order valence-corrected chi connectivity index (χ4v) is 2.29. The number of methoxy groups -OCH3 is 1. The summed E-state index contributed by atoms with van der Waals surface area (Å²) in [6.45, 7) is 0. The summed E-state index contributed by atoms with van der Waals surface area (Å²) in [7, 11) is 5.15. The van der Waals surface area contributed by atoms with E-state index in [4.69, 9.17) is 4.74 Å². The normalized spacial score (nSPS) is 10.4. The molecule has 0 saturated heterocycles. The minimum absolute atomic E-state index is 0.238. The Morgan fingerprint density at radius 2 is 2.12 bits per heavy atom. The first-order chi connectivity index (χ1) is 12.1. The number of carbonyl (C=O) groups is 1. The van der Waals surface area contributed by atoms with E-state index in [1.165, 1.54) is 13.3 Å². The molecule has 1 N–H and O–H groups in total. The van der Waals surface area contributed by atoms with E-state index in [0.717, 1.165) is 5.69 Å². The van der Waals surface area contributed by atoms with Crippen molar-refractivity contribution in [3.05, 3.63) is 54.5 Å². The molecule has 0 unspecified atom stereocenters. The Kier molecular flexibility index (Phi) is 4.60. The summed E-state index contributed by atoms with van der Waals surface area (Å²) in [5, 5.41) is 7.01. The highest BCUT2D eigenvalue weighted by Crippen LogP contribution is 2.23. The molecule has 0 spiro atoms. The number of hydrogen-bond acceptors (Lipinski definition) is 6. The van der Waals surface area contributed by atoms with Crippen molar-refractivity contribution in [2.24, 2.45) is 0 Å². The Morgan fingerprint density at radius 1 is 1.28 bits per heavy atom. The van der Waals surface area contributed by atoms with Crippen LogP contribution in [0.4, 0.5) is 11.5 Å². The fourth-order valence-electron chi connectivity index (χ4n) is 2.29. The molecule has 2 aromatic heterocycles. The van der Waals surface area contributed by atoms with Gasteiger partial charge in [0, 0.05) is 32.1 Å². The molecular formula is C17H18N6O2. The third-order valence-corrected chi connectivity index (χ3v) is 3.48. The first-order valence-corrected chi connectivity index (χ1v) is 7.58. The van der Waals surface area contributed by atoms with Crippen molar-refractivity contribution in [2.75, 3.05) is 31.4 Å². The van der Waals surface area contributed by atoms with Crippen molar-refractivity contribution in [1.82, 2.24) is 19.7 Å². The van der Waals surface area contributed by atoms with Gasteiger partial charge in [0.25, 0.3) is 5.91 Å². The molecule has 1 amide bonds. The molecule has 3 rings (SSSR count). The van der Waals surface area contributed by atoms with Gasteiger partial charge in [0.05, 0.1) is 19.0 Å². The summed E-state index contributed by atoms with van der Waals surface area (Å²) in [6.07, 6.45) is 5.03. The first kappa shape index (κ1) is 16.4. The van der Waals surface area contributed by atoms with Gasteiger partial charge in [0.1, 0.15) is 5.69 Å². The van der Waals surface area contributed by atoms with Crippen LogP contribution in [0.1, 0.15) is 10.4 Å². The van der Waals surface area contributed by atoms with Gasteiger partial charge in [-0.05, 0) is 24.3 Å². The molecular weight excluding hydrogens is 320 g/mol. The number of aromatic nitrogens is 4. The molecule has 0 aliphatic heterocycles. The van der Waals surface area contributed by atoms with E-state index < -0.39 is 0 Å². The minimum atomic E-state index is -0.258. The summed E-state index contributed by atoms with van der Waals surface area (Å²) >= 11 is 0. The van der Waals surface area contributed by atoms with E-state index in [1.807, 2.05) is 38.5 Å². The van der Waals surface area contributed by atoms with Gasteiger partial charge in [-0.1, -0.05) is 6.07 Å². The van der Waals surface area contributed by atoms with Crippen molar-refractivity contribution in [3.63, 3.8) is 0 Å². The predicted molar refractivity (Wildman–Crippen MR) is 94.4 cm³/mol. The Balaban J connectivity index is 1.87. The van der Waals surface area contributed by atoms with Gasteiger partial charge in [-0.25, -0.2) is 9.67 Å². The largest absolute Gasteiger partial charge is 0.467 e. The summed E-state index contributed by atoms with van der Waals surface area (Å²) in [4.78, 5) is 22.7. The van der Waals surface area contributed by atoms with Gasteiger partial charge in [0.15, 0.2) is 5.82 Å². The Morgan fingerprint density at radius 3 is 2.80 bits per heavy atom. The quantitative estimate of drug-likeness (QED) is 0.766. The van der Waals surface area contributed by atoms with Crippen molar-refractivity contribution >= 4 is 17.4 Å². The maximum absolute atomic E-state index is 12.6. The third kappa shape index (κ3) is 3.57. The molecule has 8 nitrogen and oxygen atoms in total. The number of carbonyl (C=O) groups excluding carboxylic acids is 1. The lowest BCUT2D eigenvalue weighted by atomic mass is 10.2. The lowest BCUT2D eigenvalue weighted by Crippen LogP contribution is -2.18. The second-order valence-corrected chi connectivity index (χ2v) is 5.44. The van der Waals surface area contributed by atoms with Crippen LogP contribution < -0.4 is 15.0 Å². The fraction of sp³-hybridized carbons (Fsp3) is 0.176. The first-order valence-electron chi connectivity index (χ1n) is 7.58. The van der Waals surface area contributed by atoms with Crippen LogP contribution in [-0.4, -0.2) is 46.9 Å². The number of benzene rings is 1. The van der Waals surface area contributed by atoms with E-state index in [1.54, 1.807) is 27.9 Å². The molecule has 0 radical (unpaired) electrons. The van der Waals surface area contributed by atoms with E-state index >= 15 is 0 Å². The second kappa shape index (κ2) is 7.00. The Hall–Kier alpha value is -3.42. The molecule has 0 saturated carbocycles. The van der Waals surface area contributed by atoms with Crippen LogP contribution in [0, 0.1) is 0 Å². The third-order valence-electron chi connectivity index (χ3n) is 3.48. The maximum Gasteiger partial charge on any atom is 0.318 e. The van der Waals surface area contributed by atoms with E-state index in [0.29, 0.717) is 17.1 Å². The second-order valence-electron chi connectivity index (χ2n) is 5.44. The molecule has 0 atom stereocenters. The highest BCUT2D eigenvalue weighted by atomic mass is 16.5. The molecule has 0 fully saturated rings. The predicted octanol–water partition coefficient (Wildman–Crippen LogP) is 1.99. The standard InChI is InChI=1S/C17H18N6O2/c1-22(2)15-14(11-18-17(21-15)25-3)20-16(24)12-6-4-7-13(10-12)23-9-5-8-19-23/h4-11H,1-3H3,(H,20,24). The van der Waals surface area contributed by atoms with Crippen LogP contribution in [-0.2, 0) is 0 Å². The molecule has 8 heteroatoms. The van der Waals surface area contributed by atoms with E-state index in [2.05, 4.69) is 20.4 Å². The zero-order valence-electron chi connectivity index (χ0n) is 14.2. The average molecular weight is 338 g/mol. The van der Waals surface area contributed by atoms with Gasteiger partial charge in [0.2, 0.25) is 0 Å². The average Bonchev–Trinajstić information content (AvgIpc) is 3.16. The lowest BCUT2D eigenvalue weighted by molar-refractivity contribution is 0.102. The number of anilines is 2. The lowest BCUT2D eigenvalue weighted by Gasteiger charge is -2.17. The van der Waals surface area contributed by atoms with Gasteiger partial charge in [-0.15, -0.1) is 0 Å². The van der Waals surface area contributed by atoms with E-state index in [9.17, 15) is 4.79 Å². The van der Waals surface area contributed by atoms with Crippen LogP contribution in [0.2, 0.25) is 0 Å². The number of nitrogens with zero attached hydrogens (tertiary/aromatic N) is 5.